The van der Waals surface area contributed by atoms with Gasteiger partial charge >= 0.3 is 5.97 Å². The lowest BCUT2D eigenvalue weighted by molar-refractivity contribution is -0.240. The molecule has 1 fully saturated rings. The van der Waals surface area contributed by atoms with Gasteiger partial charge in [0.1, 0.15) is 6.10 Å². The third kappa shape index (κ3) is 2.65. The highest BCUT2D eigenvalue weighted by molar-refractivity contribution is 5.66. The first-order valence-electron chi connectivity index (χ1n) is 4.19. The zero-order chi connectivity index (χ0) is 10.0. The predicted octanol–water partition coefficient (Wildman–Crippen LogP) is -0.594. The summed E-state index contributed by atoms with van der Waals surface area (Å²) in [4.78, 5) is 10.6. The second-order valence-corrected chi connectivity index (χ2v) is 3.17. The van der Waals surface area contributed by atoms with E-state index in [1.54, 1.807) is 6.92 Å². The summed E-state index contributed by atoms with van der Waals surface area (Å²) in [6, 6.07) is 0. The van der Waals surface area contributed by atoms with Crippen molar-refractivity contribution in [2.75, 3.05) is 0 Å². The highest BCUT2D eigenvalue weighted by atomic mass is 16.7. The molecule has 5 heteroatoms. The molecule has 1 saturated heterocycles. The van der Waals surface area contributed by atoms with E-state index in [1.165, 1.54) is 6.92 Å². The van der Waals surface area contributed by atoms with Gasteiger partial charge in [-0.05, 0) is 6.92 Å². The highest BCUT2D eigenvalue weighted by Gasteiger charge is 2.35. The summed E-state index contributed by atoms with van der Waals surface area (Å²) in [6.07, 6.45) is -2.95. The second kappa shape index (κ2) is 4.04. The van der Waals surface area contributed by atoms with Gasteiger partial charge < -0.3 is 19.7 Å². The molecule has 1 rings (SSSR count). The van der Waals surface area contributed by atoms with Crippen LogP contribution in [0, 0.1) is 0 Å². The molecule has 1 unspecified atom stereocenters. The van der Waals surface area contributed by atoms with Crippen molar-refractivity contribution in [3.05, 3.63) is 0 Å². The molecule has 0 saturated carbocycles. The Kier molecular flexibility index (Phi) is 3.24. The number of carbonyl (C=O) groups excluding carboxylic acids is 1. The van der Waals surface area contributed by atoms with E-state index >= 15 is 0 Å². The first-order valence-corrected chi connectivity index (χ1v) is 4.19. The lowest BCUT2D eigenvalue weighted by Gasteiger charge is -2.34. The first-order chi connectivity index (χ1) is 6.00. The number of esters is 1. The van der Waals surface area contributed by atoms with E-state index in [0.717, 1.165) is 0 Å². The van der Waals surface area contributed by atoms with Crippen LogP contribution in [-0.2, 0) is 14.3 Å². The zero-order valence-corrected chi connectivity index (χ0v) is 7.64. The molecule has 0 aromatic carbocycles. The van der Waals surface area contributed by atoms with Crippen LogP contribution < -0.4 is 0 Å². The summed E-state index contributed by atoms with van der Waals surface area (Å²) in [7, 11) is 0. The SMILES string of the molecule is CC(=O)OC1C[C@@H](O)[C@H](O)[C@@H](C)O1. The topological polar surface area (TPSA) is 76.0 Å². The minimum Gasteiger partial charge on any atom is -0.436 e. The molecular formula is C8H14O5. The molecule has 0 aromatic rings. The van der Waals surface area contributed by atoms with Gasteiger partial charge in [0.15, 0.2) is 0 Å². The van der Waals surface area contributed by atoms with Crippen LogP contribution >= 0.6 is 0 Å². The van der Waals surface area contributed by atoms with E-state index in [-0.39, 0.29) is 6.42 Å². The fourth-order valence-electron chi connectivity index (χ4n) is 1.29. The average Bonchev–Trinajstić information content (AvgIpc) is 1.98. The van der Waals surface area contributed by atoms with E-state index in [9.17, 15) is 15.0 Å². The molecule has 2 N–H and O–H groups in total. The molecule has 0 amide bonds. The number of aliphatic hydroxyl groups excluding tert-OH is 2. The molecule has 0 aromatic heterocycles. The largest absolute Gasteiger partial charge is 0.436 e. The minimum atomic E-state index is -0.910. The molecule has 0 spiro atoms. The molecule has 1 heterocycles. The predicted molar refractivity (Wildman–Crippen MR) is 42.7 cm³/mol. The third-order valence-electron chi connectivity index (χ3n) is 1.97. The number of ether oxygens (including phenoxy) is 2. The van der Waals surface area contributed by atoms with Gasteiger partial charge in [-0.2, -0.15) is 0 Å². The van der Waals surface area contributed by atoms with E-state index in [0.29, 0.717) is 0 Å². The Morgan fingerprint density at radius 1 is 1.54 bits per heavy atom. The van der Waals surface area contributed by atoms with Crippen molar-refractivity contribution in [2.45, 2.75) is 44.9 Å². The molecule has 1 aliphatic rings. The van der Waals surface area contributed by atoms with Crippen LogP contribution in [0.3, 0.4) is 0 Å². The lowest BCUT2D eigenvalue weighted by Crippen LogP contribution is -2.47. The van der Waals surface area contributed by atoms with Crippen molar-refractivity contribution in [1.29, 1.82) is 0 Å². The summed E-state index contributed by atoms with van der Waals surface area (Å²) in [5.74, 6) is -0.458. The normalized spacial score (nSPS) is 40.0. The van der Waals surface area contributed by atoms with Crippen LogP contribution in [0.1, 0.15) is 20.3 Å². The Morgan fingerprint density at radius 3 is 2.62 bits per heavy atom. The fourth-order valence-corrected chi connectivity index (χ4v) is 1.29. The van der Waals surface area contributed by atoms with Gasteiger partial charge in [-0.25, -0.2) is 0 Å². The van der Waals surface area contributed by atoms with Crippen molar-refractivity contribution < 1.29 is 24.5 Å². The van der Waals surface area contributed by atoms with Gasteiger partial charge in [0.2, 0.25) is 6.29 Å². The maximum Gasteiger partial charge on any atom is 0.304 e. The summed E-state index contributed by atoms with van der Waals surface area (Å²) >= 11 is 0. The summed E-state index contributed by atoms with van der Waals surface area (Å²) in [5, 5.41) is 18.6. The van der Waals surface area contributed by atoms with Gasteiger partial charge in [0.25, 0.3) is 0 Å². The molecule has 0 aliphatic carbocycles. The number of aliphatic hydroxyl groups is 2. The molecule has 76 valence electrons. The second-order valence-electron chi connectivity index (χ2n) is 3.17. The van der Waals surface area contributed by atoms with Crippen LogP contribution in [-0.4, -0.2) is 40.8 Å². The molecule has 0 radical (unpaired) electrons. The maximum absolute atomic E-state index is 10.6. The number of carbonyl (C=O) groups is 1. The Morgan fingerprint density at radius 2 is 2.15 bits per heavy atom. The standard InChI is InChI=1S/C8H14O5/c1-4-8(11)6(10)3-7(12-4)13-5(2)9/h4,6-8,10-11H,3H2,1-2H3/t4-,6-,7?,8-/m1/s1. The summed E-state index contributed by atoms with van der Waals surface area (Å²) in [6.45, 7) is 2.88. The summed E-state index contributed by atoms with van der Waals surface area (Å²) in [5.41, 5.74) is 0. The monoisotopic (exact) mass is 190 g/mol. The maximum atomic E-state index is 10.6. The molecule has 1 aliphatic heterocycles. The van der Waals surface area contributed by atoms with E-state index < -0.39 is 30.6 Å². The highest BCUT2D eigenvalue weighted by Crippen LogP contribution is 2.20. The van der Waals surface area contributed by atoms with Crippen LogP contribution in [0.5, 0.6) is 0 Å². The van der Waals surface area contributed by atoms with Crippen molar-refractivity contribution in [3.63, 3.8) is 0 Å². The Bertz CT molecular complexity index is 181. The van der Waals surface area contributed by atoms with Crippen molar-refractivity contribution in [1.82, 2.24) is 0 Å². The molecule has 5 nitrogen and oxygen atoms in total. The van der Waals surface area contributed by atoms with Gasteiger partial charge in [-0.1, -0.05) is 0 Å². The third-order valence-corrected chi connectivity index (χ3v) is 1.97. The molecule has 13 heavy (non-hydrogen) atoms. The van der Waals surface area contributed by atoms with Crippen molar-refractivity contribution >= 4 is 5.97 Å². The van der Waals surface area contributed by atoms with E-state index in [2.05, 4.69) is 0 Å². The van der Waals surface area contributed by atoms with Crippen LogP contribution in [0.4, 0.5) is 0 Å². The lowest BCUT2D eigenvalue weighted by atomic mass is 10.0. The smallest absolute Gasteiger partial charge is 0.304 e. The number of hydrogen-bond donors (Lipinski definition) is 2. The van der Waals surface area contributed by atoms with Crippen LogP contribution in [0.2, 0.25) is 0 Å². The average molecular weight is 190 g/mol. The molecular weight excluding hydrogens is 176 g/mol. The number of hydrogen-bond acceptors (Lipinski definition) is 5. The Hall–Kier alpha value is -0.650. The van der Waals surface area contributed by atoms with Crippen LogP contribution in [0.15, 0.2) is 0 Å². The fraction of sp³-hybridized carbons (Fsp3) is 0.875. The minimum absolute atomic E-state index is 0.116. The number of rotatable bonds is 1. The van der Waals surface area contributed by atoms with E-state index in [1.807, 2.05) is 0 Å². The summed E-state index contributed by atoms with van der Waals surface area (Å²) < 4.78 is 9.87. The van der Waals surface area contributed by atoms with Gasteiger partial charge in [0, 0.05) is 13.3 Å². The van der Waals surface area contributed by atoms with Gasteiger partial charge in [0.05, 0.1) is 12.2 Å². The van der Waals surface area contributed by atoms with E-state index in [4.69, 9.17) is 9.47 Å². The van der Waals surface area contributed by atoms with Crippen LogP contribution in [0.25, 0.3) is 0 Å². The Labute approximate surface area is 76.3 Å². The van der Waals surface area contributed by atoms with Crippen molar-refractivity contribution in [3.8, 4) is 0 Å². The first kappa shape index (κ1) is 10.4. The molecule has 0 bridgehead atoms. The quantitative estimate of drug-likeness (QED) is 0.540. The Balaban J connectivity index is 2.48. The molecule has 4 atom stereocenters. The van der Waals surface area contributed by atoms with Gasteiger partial charge in [-0.3, -0.25) is 4.79 Å². The van der Waals surface area contributed by atoms with Gasteiger partial charge in [-0.15, -0.1) is 0 Å². The zero-order valence-electron chi connectivity index (χ0n) is 7.64. The van der Waals surface area contributed by atoms with Crippen molar-refractivity contribution in [2.24, 2.45) is 0 Å².